The molecule has 190 valence electrons. The summed E-state index contributed by atoms with van der Waals surface area (Å²) < 4.78 is 1.94. The van der Waals surface area contributed by atoms with E-state index in [4.69, 9.17) is 5.10 Å². The highest BCUT2D eigenvalue weighted by atomic mass is 16.3. The van der Waals surface area contributed by atoms with E-state index in [0.717, 1.165) is 75.7 Å². The Hall–Kier alpha value is -4.28. The number of rotatable bonds is 5. The maximum atomic E-state index is 9.89. The van der Waals surface area contributed by atoms with Gasteiger partial charge < -0.3 is 10.4 Å². The third-order valence-corrected chi connectivity index (χ3v) is 7.49. The maximum absolute atomic E-state index is 9.89. The quantitative estimate of drug-likeness (QED) is 0.291. The van der Waals surface area contributed by atoms with Gasteiger partial charge in [-0.2, -0.15) is 10.4 Å². The van der Waals surface area contributed by atoms with Crippen molar-refractivity contribution in [3.8, 4) is 22.9 Å². The van der Waals surface area contributed by atoms with E-state index in [0.29, 0.717) is 5.56 Å². The normalized spacial score (nSPS) is 17.7. The number of aliphatic hydroxyl groups is 1. The van der Waals surface area contributed by atoms with E-state index in [2.05, 4.69) is 47.3 Å². The molecule has 6 rings (SSSR count). The number of aliphatic hydroxyl groups excluding tert-OH is 1. The Bertz CT molecular complexity index is 1670. The van der Waals surface area contributed by atoms with E-state index in [9.17, 15) is 10.4 Å². The number of para-hydroxylation sites is 1. The van der Waals surface area contributed by atoms with E-state index in [1.54, 1.807) is 0 Å². The van der Waals surface area contributed by atoms with Gasteiger partial charge in [-0.15, -0.1) is 0 Å². The van der Waals surface area contributed by atoms with Crippen LogP contribution in [0, 0.1) is 11.3 Å². The van der Waals surface area contributed by atoms with Crippen LogP contribution in [0.5, 0.6) is 0 Å². The third kappa shape index (κ3) is 4.37. The van der Waals surface area contributed by atoms with Gasteiger partial charge in [0.25, 0.3) is 0 Å². The summed E-state index contributed by atoms with van der Waals surface area (Å²) in [5.41, 5.74) is 7.14. The van der Waals surface area contributed by atoms with Crippen molar-refractivity contribution < 1.29 is 5.11 Å². The largest absolute Gasteiger partial charge is 0.393 e. The van der Waals surface area contributed by atoms with E-state index < -0.39 is 0 Å². The van der Waals surface area contributed by atoms with Crippen LogP contribution in [0.25, 0.3) is 38.6 Å². The molecule has 1 aliphatic rings. The minimum atomic E-state index is -0.223. The Kier molecular flexibility index (Phi) is 6.26. The molecule has 3 heterocycles. The van der Waals surface area contributed by atoms with Gasteiger partial charge in [0.1, 0.15) is 6.07 Å². The lowest BCUT2D eigenvalue weighted by molar-refractivity contribution is 0.126. The van der Waals surface area contributed by atoms with Crippen molar-refractivity contribution in [1.82, 2.24) is 19.7 Å². The highest BCUT2D eigenvalue weighted by Crippen LogP contribution is 2.36. The Balaban J connectivity index is 1.47. The molecule has 2 N–H and O–H groups in total. The molecule has 1 aliphatic carbocycles. The molecule has 0 unspecified atom stereocenters. The summed E-state index contributed by atoms with van der Waals surface area (Å²) in [7, 11) is 0. The van der Waals surface area contributed by atoms with Crippen LogP contribution in [0.3, 0.4) is 0 Å². The van der Waals surface area contributed by atoms with Gasteiger partial charge in [-0.05, 0) is 61.9 Å². The van der Waals surface area contributed by atoms with Crippen LogP contribution in [0.4, 0.5) is 5.69 Å². The summed E-state index contributed by atoms with van der Waals surface area (Å²) in [5.74, 6) is 0.193. The van der Waals surface area contributed by atoms with Crippen LogP contribution in [0.15, 0.2) is 67.1 Å². The Labute approximate surface area is 221 Å². The van der Waals surface area contributed by atoms with Gasteiger partial charge in [-0.1, -0.05) is 32.0 Å². The van der Waals surface area contributed by atoms with Crippen LogP contribution in [0.1, 0.15) is 56.7 Å². The standard InChI is InChI=1S/C31H30N6O/c1-19(2)31-30-26(22-13-20-5-3-4-6-27(20)34-16-22)17-33-18-29(30)37(36-31)24-10-7-21(15-32)28(14-24)35-23-8-11-25(38)12-9-23/h3-7,10,13-14,16-19,23,25,35,38H,8-9,11-12H2,1-2H3/t23-,25-. The van der Waals surface area contributed by atoms with Crippen molar-refractivity contribution in [3.63, 3.8) is 0 Å². The van der Waals surface area contributed by atoms with E-state index in [1.165, 1.54) is 0 Å². The Morgan fingerprint density at radius 2 is 1.84 bits per heavy atom. The van der Waals surface area contributed by atoms with Crippen LogP contribution in [-0.4, -0.2) is 37.0 Å². The lowest BCUT2D eigenvalue weighted by atomic mass is 9.93. The molecule has 5 aromatic rings. The summed E-state index contributed by atoms with van der Waals surface area (Å²) in [5, 5.41) is 30.4. The number of pyridine rings is 2. The molecule has 2 aromatic carbocycles. The average molecular weight is 503 g/mol. The topological polar surface area (TPSA) is 99.7 Å². The summed E-state index contributed by atoms with van der Waals surface area (Å²) in [6, 6.07) is 18.6. The van der Waals surface area contributed by atoms with Crippen molar-refractivity contribution in [2.75, 3.05) is 5.32 Å². The third-order valence-electron chi connectivity index (χ3n) is 7.49. The van der Waals surface area contributed by atoms with Crippen molar-refractivity contribution in [2.45, 2.75) is 57.6 Å². The fourth-order valence-electron chi connectivity index (χ4n) is 5.45. The summed E-state index contributed by atoms with van der Waals surface area (Å²) in [4.78, 5) is 9.29. The van der Waals surface area contributed by atoms with Gasteiger partial charge in [-0.25, -0.2) is 4.68 Å². The first-order chi connectivity index (χ1) is 18.5. The van der Waals surface area contributed by atoms with E-state index in [-0.39, 0.29) is 18.1 Å². The van der Waals surface area contributed by atoms with Crippen LogP contribution in [0.2, 0.25) is 0 Å². The number of nitrogens with one attached hydrogen (secondary N) is 1. The number of anilines is 1. The van der Waals surface area contributed by atoms with Gasteiger partial charge in [0.15, 0.2) is 0 Å². The number of nitrogens with zero attached hydrogens (tertiary/aromatic N) is 5. The molecule has 0 radical (unpaired) electrons. The number of nitriles is 1. The molecule has 3 aromatic heterocycles. The van der Waals surface area contributed by atoms with Crippen LogP contribution >= 0.6 is 0 Å². The molecule has 38 heavy (non-hydrogen) atoms. The molecule has 0 atom stereocenters. The van der Waals surface area contributed by atoms with E-state index in [1.807, 2.05) is 59.7 Å². The molecular weight excluding hydrogens is 472 g/mol. The molecule has 0 bridgehead atoms. The SMILES string of the molecule is CC(C)c1nn(-c2ccc(C#N)c(N[C@H]3CC[C@H](O)CC3)c2)c2cncc(-c3cnc4ccccc4c3)c12. The van der Waals surface area contributed by atoms with Gasteiger partial charge in [0.2, 0.25) is 0 Å². The van der Waals surface area contributed by atoms with Gasteiger partial charge in [0, 0.05) is 40.3 Å². The minimum absolute atomic E-state index is 0.193. The van der Waals surface area contributed by atoms with Gasteiger partial charge in [-0.3, -0.25) is 9.97 Å². The molecule has 7 heteroatoms. The molecule has 0 saturated heterocycles. The zero-order valence-corrected chi connectivity index (χ0v) is 21.6. The number of fused-ring (bicyclic) bond motifs is 2. The second kappa shape index (κ2) is 9.88. The second-order valence-electron chi connectivity index (χ2n) is 10.4. The van der Waals surface area contributed by atoms with Crippen LogP contribution in [-0.2, 0) is 0 Å². The molecule has 1 saturated carbocycles. The zero-order valence-electron chi connectivity index (χ0n) is 21.6. The Morgan fingerprint density at radius 1 is 1.03 bits per heavy atom. The molecule has 0 amide bonds. The van der Waals surface area contributed by atoms with Crippen LogP contribution < -0.4 is 5.32 Å². The highest BCUT2D eigenvalue weighted by Gasteiger charge is 2.22. The molecule has 0 aliphatic heterocycles. The lowest BCUT2D eigenvalue weighted by Gasteiger charge is -2.27. The minimum Gasteiger partial charge on any atom is -0.393 e. The van der Waals surface area contributed by atoms with Crippen molar-refractivity contribution in [2.24, 2.45) is 0 Å². The molecule has 7 nitrogen and oxygen atoms in total. The summed E-state index contributed by atoms with van der Waals surface area (Å²) in [6.45, 7) is 4.30. The van der Waals surface area contributed by atoms with Gasteiger partial charge in [0.05, 0.1) is 46.0 Å². The van der Waals surface area contributed by atoms with Gasteiger partial charge >= 0.3 is 0 Å². The van der Waals surface area contributed by atoms with Crippen molar-refractivity contribution in [3.05, 3.63) is 78.4 Å². The first kappa shape index (κ1) is 24.1. The molecule has 0 spiro atoms. The number of hydrogen-bond donors (Lipinski definition) is 2. The predicted molar refractivity (Wildman–Crippen MR) is 150 cm³/mol. The second-order valence-corrected chi connectivity index (χ2v) is 10.4. The molecule has 1 fully saturated rings. The number of benzene rings is 2. The first-order valence-corrected chi connectivity index (χ1v) is 13.2. The zero-order chi connectivity index (χ0) is 26.2. The number of aromatic nitrogens is 4. The van der Waals surface area contributed by atoms with Crippen molar-refractivity contribution in [1.29, 1.82) is 5.26 Å². The number of hydrogen-bond acceptors (Lipinski definition) is 6. The fourth-order valence-corrected chi connectivity index (χ4v) is 5.45. The highest BCUT2D eigenvalue weighted by molar-refractivity contribution is 5.98. The first-order valence-electron chi connectivity index (χ1n) is 13.2. The lowest BCUT2D eigenvalue weighted by Crippen LogP contribution is -2.28. The summed E-state index contributed by atoms with van der Waals surface area (Å²) >= 11 is 0. The monoisotopic (exact) mass is 502 g/mol. The smallest absolute Gasteiger partial charge is 0.101 e. The summed E-state index contributed by atoms with van der Waals surface area (Å²) in [6.07, 6.45) is 8.76. The molecular formula is C31H30N6O. The predicted octanol–water partition coefficient (Wildman–Crippen LogP) is 6.35. The fraction of sp³-hybridized carbons (Fsp3) is 0.290. The average Bonchev–Trinajstić information content (AvgIpc) is 3.34. The maximum Gasteiger partial charge on any atom is 0.101 e. The van der Waals surface area contributed by atoms with Crippen molar-refractivity contribution >= 4 is 27.5 Å². The Morgan fingerprint density at radius 3 is 2.63 bits per heavy atom. The van der Waals surface area contributed by atoms with E-state index >= 15 is 0 Å².